The van der Waals surface area contributed by atoms with E-state index >= 15 is 0 Å². The van der Waals surface area contributed by atoms with Gasteiger partial charge in [-0.25, -0.2) is 8.42 Å². The summed E-state index contributed by atoms with van der Waals surface area (Å²) >= 11 is 0. The molecule has 1 unspecified atom stereocenters. The minimum Gasteiger partial charge on any atom is -0.466 e. The molecule has 5 nitrogen and oxygen atoms in total. The summed E-state index contributed by atoms with van der Waals surface area (Å²) < 4.78 is 27.3. The van der Waals surface area contributed by atoms with E-state index in [1.165, 1.54) is 6.26 Å². The van der Waals surface area contributed by atoms with Gasteiger partial charge in [0, 0.05) is 18.6 Å². The number of hydrogen-bond acceptors (Lipinski definition) is 5. The predicted octanol–water partition coefficient (Wildman–Crippen LogP) is 0.975. The summed E-state index contributed by atoms with van der Waals surface area (Å²) in [5.74, 6) is -0.238. The summed E-state index contributed by atoms with van der Waals surface area (Å²) in [5.41, 5.74) is 4.96. The number of rotatable bonds is 8. The normalized spacial score (nSPS) is 15.4. The summed E-state index contributed by atoms with van der Waals surface area (Å²) in [6.07, 6.45) is 2.05. The van der Waals surface area contributed by atoms with Crippen LogP contribution in [0.15, 0.2) is 0 Å². The summed E-state index contributed by atoms with van der Waals surface area (Å²) in [6, 6.07) is 0. The summed E-state index contributed by atoms with van der Waals surface area (Å²) in [4.78, 5) is 12.0. The van der Waals surface area contributed by atoms with Gasteiger partial charge >= 0.3 is 5.97 Å². The lowest BCUT2D eigenvalue weighted by Gasteiger charge is -2.33. The monoisotopic (exact) mass is 279 g/mol. The summed E-state index contributed by atoms with van der Waals surface area (Å²) in [5, 5.41) is 0. The molecule has 1 atom stereocenters. The Morgan fingerprint density at radius 1 is 1.39 bits per heavy atom. The first-order valence-electron chi connectivity index (χ1n) is 6.24. The molecule has 2 N–H and O–H groups in total. The zero-order valence-corrected chi connectivity index (χ0v) is 12.5. The second-order valence-corrected chi connectivity index (χ2v) is 7.23. The molecule has 0 saturated carbocycles. The van der Waals surface area contributed by atoms with Crippen LogP contribution < -0.4 is 5.73 Å². The van der Waals surface area contributed by atoms with E-state index < -0.39 is 15.3 Å². The summed E-state index contributed by atoms with van der Waals surface area (Å²) in [7, 11) is -3.01. The fraction of sp³-hybridized carbons (Fsp3) is 0.917. The van der Waals surface area contributed by atoms with Crippen LogP contribution in [-0.4, -0.2) is 39.5 Å². The van der Waals surface area contributed by atoms with Gasteiger partial charge in [0.05, 0.1) is 12.0 Å². The lowest BCUT2D eigenvalue weighted by Crippen LogP contribution is -2.44. The zero-order valence-electron chi connectivity index (χ0n) is 11.7. The van der Waals surface area contributed by atoms with Crippen molar-refractivity contribution in [3.8, 4) is 0 Å². The van der Waals surface area contributed by atoms with Crippen LogP contribution in [0.4, 0.5) is 0 Å². The molecule has 18 heavy (non-hydrogen) atoms. The maximum Gasteiger partial charge on any atom is 0.313 e. The van der Waals surface area contributed by atoms with Gasteiger partial charge in [0.25, 0.3) is 0 Å². The Morgan fingerprint density at radius 3 is 2.28 bits per heavy atom. The van der Waals surface area contributed by atoms with E-state index in [-0.39, 0.29) is 24.2 Å². The molecular formula is C12H25NO4S. The molecule has 0 aliphatic carbocycles. The standard InChI is InChI=1S/C12H25NO4S/c1-5-17-11(14)12(9-13,10(2)3)7-6-8-18(4,15)16/h10H,5-9,13H2,1-4H3. The van der Waals surface area contributed by atoms with Crippen molar-refractivity contribution in [1.82, 2.24) is 0 Å². The van der Waals surface area contributed by atoms with E-state index in [0.717, 1.165) is 0 Å². The molecule has 0 fully saturated rings. The van der Waals surface area contributed by atoms with E-state index in [1.807, 2.05) is 13.8 Å². The van der Waals surface area contributed by atoms with Crippen molar-refractivity contribution in [2.24, 2.45) is 17.1 Å². The van der Waals surface area contributed by atoms with Gasteiger partial charge in [0.2, 0.25) is 0 Å². The van der Waals surface area contributed by atoms with Gasteiger partial charge in [-0.3, -0.25) is 4.79 Å². The van der Waals surface area contributed by atoms with Gasteiger partial charge in [-0.05, 0) is 25.7 Å². The molecular weight excluding hydrogens is 254 g/mol. The Hall–Kier alpha value is -0.620. The van der Waals surface area contributed by atoms with Crippen molar-refractivity contribution in [1.29, 1.82) is 0 Å². The Labute approximate surface area is 110 Å². The number of ether oxygens (including phenoxy) is 1. The lowest BCUT2D eigenvalue weighted by molar-refractivity contribution is -0.158. The van der Waals surface area contributed by atoms with Crippen LogP contribution in [0.1, 0.15) is 33.6 Å². The van der Waals surface area contributed by atoms with Crippen molar-refractivity contribution in [3.63, 3.8) is 0 Å². The number of esters is 1. The van der Waals surface area contributed by atoms with Crippen LogP contribution in [0.2, 0.25) is 0 Å². The van der Waals surface area contributed by atoms with Crippen molar-refractivity contribution in [2.75, 3.05) is 25.2 Å². The van der Waals surface area contributed by atoms with E-state index in [2.05, 4.69) is 0 Å². The van der Waals surface area contributed by atoms with Crippen LogP contribution in [0, 0.1) is 11.3 Å². The highest BCUT2D eigenvalue weighted by Crippen LogP contribution is 2.33. The van der Waals surface area contributed by atoms with E-state index in [9.17, 15) is 13.2 Å². The molecule has 0 rings (SSSR count). The van der Waals surface area contributed by atoms with Crippen molar-refractivity contribution in [2.45, 2.75) is 33.6 Å². The predicted molar refractivity (Wildman–Crippen MR) is 71.9 cm³/mol. The van der Waals surface area contributed by atoms with Gasteiger partial charge in [-0.2, -0.15) is 0 Å². The van der Waals surface area contributed by atoms with Gasteiger partial charge in [-0.1, -0.05) is 13.8 Å². The second kappa shape index (κ2) is 7.09. The minimum atomic E-state index is -3.01. The number of carbonyl (C=O) groups excluding carboxylic acids is 1. The first-order chi connectivity index (χ1) is 8.19. The average Bonchev–Trinajstić information content (AvgIpc) is 2.22. The Morgan fingerprint density at radius 2 is 1.94 bits per heavy atom. The number of nitrogens with two attached hydrogens (primary N) is 1. The van der Waals surface area contributed by atoms with Crippen LogP contribution in [0.25, 0.3) is 0 Å². The molecule has 0 radical (unpaired) electrons. The zero-order chi connectivity index (χ0) is 14.4. The topological polar surface area (TPSA) is 86.5 Å². The minimum absolute atomic E-state index is 0.0149. The quantitative estimate of drug-likeness (QED) is 0.669. The molecule has 0 heterocycles. The number of hydrogen-bond donors (Lipinski definition) is 1. The van der Waals surface area contributed by atoms with Crippen LogP contribution in [0.5, 0.6) is 0 Å². The molecule has 0 aliphatic heterocycles. The summed E-state index contributed by atoms with van der Waals surface area (Å²) in [6.45, 7) is 6.04. The molecule has 0 aromatic carbocycles. The highest BCUT2D eigenvalue weighted by molar-refractivity contribution is 7.90. The third-order valence-electron chi connectivity index (χ3n) is 3.29. The van der Waals surface area contributed by atoms with Crippen LogP contribution >= 0.6 is 0 Å². The van der Waals surface area contributed by atoms with Crippen molar-refractivity contribution >= 4 is 15.8 Å². The largest absolute Gasteiger partial charge is 0.466 e. The molecule has 0 aromatic heterocycles. The van der Waals surface area contributed by atoms with Crippen LogP contribution in [-0.2, 0) is 19.4 Å². The molecule has 6 heteroatoms. The number of carbonyl (C=O) groups is 1. The molecule has 108 valence electrons. The third kappa shape index (κ3) is 4.94. The van der Waals surface area contributed by atoms with Gasteiger partial charge < -0.3 is 10.5 Å². The second-order valence-electron chi connectivity index (χ2n) is 4.97. The maximum absolute atomic E-state index is 12.0. The third-order valence-corrected chi connectivity index (χ3v) is 4.32. The smallest absolute Gasteiger partial charge is 0.313 e. The van der Waals surface area contributed by atoms with Gasteiger partial charge in [-0.15, -0.1) is 0 Å². The first-order valence-corrected chi connectivity index (χ1v) is 8.30. The molecule has 0 bridgehead atoms. The van der Waals surface area contributed by atoms with E-state index in [4.69, 9.17) is 10.5 Å². The molecule has 0 aromatic rings. The van der Waals surface area contributed by atoms with Crippen molar-refractivity contribution < 1.29 is 17.9 Å². The SMILES string of the molecule is CCOC(=O)C(CN)(CCCS(C)(=O)=O)C(C)C. The van der Waals surface area contributed by atoms with Crippen molar-refractivity contribution in [3.05, 3.63) is 0 Å². The Bertz CT molecular complexity index is 364. The molecule has 0 saturated heterocycles. The van der Waals surface area contributed by atoms with Gasteiger partial charge in [0.1, 0.15) is 9.84 Å². The average molecular weight is 279 g/mol. The van der Waals surface area contributed by atoms with E-state index in [0.29, 0.717) is 19.4 Å². The highest BCUT2D eigenvalue weighted by Gasteiger charge is 2.41. The fourth-order valence-electron chi connectivity index (χ4n) is 1.97. The Kier molecular flexibility index (Phi) is 6.84. The van der Waals surface area contributed by atoms with Crippen LogP contribution in [0.3, 0.4) is 0 Å². The fourth-order valence-corrected chi connectivity index (χ4v) is 2.64. The highest BCUT2D eigenvalue weighted by atomic mass is 32.2. The van der Waals surface area contributed by atoms with Gasteiger partial charge in [0.15, 0.2) is 0 Å². The Balaban J connectivity index is 4.82. The molecule has 0 spiro atoms. The first kappa shape index (κ1) is 17.4. The van der Waals surface area contributed by atoms with E-state index in [1.54, 1.807) is 6.92 Å². The lowest BCUT2D eigenvalue weighted by atomic mass is 9.74. The number of sulfone groups is 1. The maximum atomic E-state index is 12.0. The molecule has 0 aliphatic rings. The molecule has 0 amide bonds.